The van der Waals surface area contributed by atoms with Crippen LogP contribution in [-0.4, -0.2) is 0 Å². The molecule has 0 saturated heterocycles. The van der Waals surface area contributed by atoms with E-state index in [1.165, 1.54) is 42.4 Å². The zero-order valence-corrected chi connectivity index (χ0v) is 15.8. The summed E-state index contributed by atoms with van der Waals surface area (Å²) in [5.74, 6) is 6.54. The van der Waals surface area contributed by atoms with Gasteiger partial charge in [0.15, 0.2) is 0 Å². The second kappa shape index (κ2) is 10.6. The SMILES string of the molecule is C=C(CC)CCc1ccc(C#Cc2ccc(CCCCC)cc2)cc1. The van der Waals surface area contributed by atoms with E-state index in [2.05, 4.69) is 80.8 Å². The van der Waals surface area contributed by atoms with Crippen LogP contribution in [0.2, 0.25) is 0 Å². The fraction of sp³-hybridized carbons (Fsp3) is 0.360. The minimum absolute atomic E-state index is 1.07. The lowest BCUT2D eigenvalue weighted by Gasteiger charge is -2.03. The molecule has 0 nitrogen and oxygen atoms in total. The summed E-state index contributed by atoms with van der Waals surface area (Å²) in [6, 6.07) is 17.3. The van der Waals surface area contributed by atoms with Crippen molar-refractivity contribution in [2.75, 3.05) is 0 Å². The van der Waals surface area contributed by atoms with E-state index in [1.54, 1.807) is 0 Å². The molecule has 0 aliphatic carbocycles. The predicted octanol–water partition coefficient (Wildman–Crippen LogP) is 6.72. The fourth-order valence-electron chi connectivity index (χ4n) is 2.73. The molecule has 0 atom stereocenters. The van der Waals surface area contributed by atoms with Crippen LogP contribution in [0.3, 0.4) is 0 Å². The molecule has 0 unspecified atom stereocenters. The third kappa shape index (κ3) is 7.02. The Kier molecular flexibility index (Phi) is 8.06. The zero-order valence-electron chi connectivity index (χ0n) is 15.8. The van der Waals surface area contributed by atoms with Crippen LogP contribution < -0.4 is 0 Å². The number of aryl methyl sites for hydroxylation is 2. The maximum atomic E-state index is 4.07. The highest BCUT2D eigenvalue weighted by atomic mass is 14.0. The summed E-state index contributed by atoms with van der Waals surface area (Å²) in [5, 5.41) is 0. The standard InChI is InChI=1S/C25H30/c1-4-6-7-8-22-11-13-24(14-12-22)19-20-25-17-15-23(16-18-25)10-9-21(3)5-2/h11-18H,3-10H2,1-2H3. The number of rotatable bonds is 8. The molecule has 2 aromatic rings. The van der Waals surface area contributed by atoms with Gasteiger partial charge in [0.25, 0.3) is 0 Å². The van der Waals surface area contributed by atoms with Crippen LogP contribution in [-0.2, 0) is 12.8 Å². The highest BCUT2D eigenvalue weighted by Gasteiger charge is 1.96. The first kappa shape index (κ1) is 19.1. The second-order valence-electron chi connectivity index (χ2n) is 6.70. The van der Waals surface area contributed by atoms with E-state index >= 15 is 0 Å². The molecular weight excluding hydrogens is 300 g/mol. The van der Waals surface area contributed by atoms with Gasteiger partial charge in [-0.05, 0) is 67.5 Å². The first-order valence-corrected chi connectivity index (χ1v) is 9.57. The average Bonchev–Trinajstić information content (AvgIpc) is 2.66. The quantitative estimate of drug-likeness (QED) is 0.286. The molecular formula is C25H30. The molecule has 0 fully saturated rings. The van der Waals surface area contributed by atoms with Gasteiger partial charge < -0.3 is 0 Å². The third-order valence-corrected chi connectivity index (χ3v) is 4.60. The van der Waals surface area contributed by atoms with E-state index in [-0.39, 0.29) is 0 Å². The topological polar surface area (TPSA) is 0 Å². The number of unbranched alkanes of at least 4 members (excludes halogenated alkanes) is 2. The van der Waals surface area contributed by atoms with Gasteiger partial charge >= 0.3 is 0 Å². The second-order valence-corrected chi connectivity index (χ2v) is 6.70. The number of allylic oxidation sites excluding steroid dienone is 1. The van der Waals surface area contributed by atoms with Gasteiger partial charge in [-0.25, -0.2) is 0 Å². The molecule has 0 aliphatic heterocycles. The normalized spacial score (nSPS) is 10.2. The summed E-state index contributed by atoms with van der Waals surface area (Å²) >= 11 is 0. The van der Waals surface area contributed by atoms with Crippen molar-refractivity contribution in [3.63, 3.8) is 0 Å². The molecule has 0 bridgehead atoms. The monoisotopic (exact) mass is 330 g/mol. The van der Waals surface area contributed by atoms with Crippen molar-refractivity contribution in [1.82, 2.24) is 0 Å². The molecule has 2 aromatic carbocycles. The van der Waals surface area contributed by atoms with Gasteiger partial charge in [-0.1, -0.05) is 74.9 Å². The molecule has 0 spiro atoms. The van der Waals surface area contributed by atoms with Crippen LogP contribution in [0, 0.1) is 11.8 Å². The van der Waals surface area contributed by atoms with Crippen molar-refractivity contribution < 1.29 is 0 Å². The fourth-order valence-corrected chi connectivity index (χ4v) is 2.73. The molecule has 25 heavy (non-hydrogen) atoms. The predicted molar refractivity (Wildman–Crippen MR) is 110 cm³/mol. The van der Waals surface area contributed by atoms with Crippen LogP contribution in [0.5, 0.6) is 0 Å². The summed E-state index contributed by atoms with van der Waals surface area (Å²) in [4.78, 5) is 0. The Morgan fingerprint density at radius 3 is 1.76 bits per heavy atom. The van der Waals surface area contributed by atoms with Crippen molar-refractivity contribution in [3.8, 4) is 11.8 Å². The zero-order chi connectivity index (χ0) is 17.9. The summed E-state index contributed by atoms with van der Waals surface area (Å²) < 4.78 is 0. The molecule has 0 amide bonds. The van der Waals surface area contributed by atoms with E-state index in [1.807, 2.05) is 0 Å². The van der Waals surface area contributed by atoms with Crippen LogP contribution in [0.4, 0.5) is 0 Å². The van der Waals surface area contributed by atoms with Gasteiger partial charge in [0.1, 0.15) is 0 Å². The maximum absolute atomic E-state index is 4.07. The summed E-state index contributed by atoms with van der Waals surface area (Å²) in [6.07, 6.45) is 8.25. The lowest BCUT2D eigenvalue weighted by atomic mass is 10.0. The molecule has 0 heterocycles. The Bertz CT molecular complexity index is 705. The van der Waals surface area contributed by atoms with Gasteiger partial charge in [-0.15, -0.1) is 0 Å². The lowest BCUT2D eigenvalue weighted by Crippen LogP contribution is -1.88. The smallest absolute Gasteiger partial charge is 0.0249 e. The Hall–Kier alpha value is -2.26. The minimum atomic E-state index is 1.07. The molecule has 0 radical (unpaired) electrons. The Morgan fingerprint density at radius 1 is 0.760 bits per heavy atom. The molecule has 130 valence electrons. The Morgan fingerprint density at radius 2 is 1.28 bits per heavy atom. The van der Waals surface area contributed by atoms with Crippen molar-refractivity contribution in [3.05, 3.63) is 82.9 Å². The summed E-state index contributed by atoms with van der Waals surface area (Å²) in [6.45, 7) is 8.48. The van der Waals surface area contributed by atoms with Gasteiger partial charge in [0.05, 0.1) is 0 Å². The van der Waals surface area contributed by atoms with Crippen molar-refractivity contribution in [2.45, 2.75) is 58.8 Å². The Balaban J connectivity index is 1.90. The van der Waals surface area contributed by atoms with Gasteiger partial charge in [-0.3, -0.25) is 0 Å². The van der Waals surface area contributed by atoms with E-state index < -0.39 is 0 Å². The van der Waals surface area contributed by atoms with E-state index in [9.17, 15) is 0 Å². The highest BCUT2D eigenvalue weighted by molar-refractivity contribution is 5.44. The average molecular weight is 331 g/mol. The van der Waals surface area contributed by atoms with Crippen LogP contribution in [0.25, 0.3) is 0 Å². The lowest BCUT2D eigenvalue weighted by molar-refractivity contribution is 0.717. The van der Waals surface area contributed by atoms with E-state index in [0.29, 0.717) is 0 Å². The van der Waals surface area contributed by atoms with Crippen LogP contribution in [0.15, 0.2) is 60.7 Å². The van der Waals surface area contributed by atoms with Gasteiger partial charge in [0, 0.05) is 11.1 Å². The number of benzene rings is 2. The first-order valence-electron chi connectivity index (χ1n) is 9.57. The molecule has 0 aliphatic rings. The van der Waals surface area contributed by atoms with E-state index in [0.717, 1.165) is 30.4 Å². The van der Waals surface area contributed by atoms with Crippen LogP contribution >= 0.6 is 0 Å². The highest BCUT2D eigenvalue weighted by Crippen LogP contribution is 2.12. The third-order valence-electron chi connectivity index (χ3n) is 4.60. The largest absolute Gasteiger partial charge is 0.0999 e. The molecule has 0 heteroatoms. The molecule has 2 rings (SSSR count). The Labute approximate surface area is 154 Å². The number of hydrogen-bond donors (Lipinski definition) is 0. The molecule has 0 aromatic heterocycles. The van der Waals surface area contributed by atoms with Gasteiger partial charge in [-0.2, -0.15) is 0 Å². The maximum Gasteiger partial charge on any atom is 0.0249 e. The van der Waals surface area contributed by atoms with Crippen molar-refractivity contribution >= 4 is 0 Å². The molecule has 0 N–H and O–H groups in total. The van der Waals surface area contributed by atoms with Crippen LogP contribution in [0.1, 0.15) is 68.2 Å². The van der Waals surface area contributed by atoms with Crippen molar-refractivity contribution in [1.29, 1.82) is 0 Å². The van der Waals surface area contributed by atoms with Crippen molar-refractivity contribution in [2.24, 2.45) is 0 Å². The van der Waals surface area contributed by atoms with E-state index in [4.69, 9.17) is 0 Å². The summed E-state index contributed by atoms with van der Waals surface area (Å²) in [7, 11) is 0. The number of hydrogen-bond acceptors (Lipinski definition) is 0. The minimum Gasteiger partial charge on any atom is -0.0999 e. The summed E-state index contributed by atoms with van der Waals surface area (Å²) in [5.41, 5.74) is 6.25. The molecule has 0 saturated carbocycles. The van der Waals surface area contributed by atoms with Gasteiger partial charge in [0.2, 0.25) is 0 Å². The first-order chi connectivity index (χ1) is 12.2.